The molecule has 0 spiro atoms. The number of nitrogens with one attached hydrogen (secondary N) is 1. The van der Waals surface area contributed by atoms with E-state index in [0.29, 0.717) is 0 Å². The van der Waals surface area contributed by atoms with Crippen molar-refractivity contribution in [3.8, 4) is 5.75 Å². The molecule has 4 heteroatoms. The molecule has 3 unspecified atom stereocenters. The summed E-state index contributed by atoms with van der Waals surface area (Å²) in [5.74, 6) is 0.812. The smallest absolute Gasteiger partial charge is 0.131 e. The molecule has 1 aliphatic heterocycles. The highest BCUT2D eigenvalue weighted by atomic mass is 16.5. The molecule has 4 rings (SSSR count). The Kier molecular flexibility index (Phi) is 4.41. The molecule has 3 atom stereocenters. The SMILES string of the molecule is Cc1ccnc2cc3c(cc12)OC(C)(C)C(O)C3NC(C)c1ccccc1. The van der Waals surface area contributed by atoms with Crippen LogP contribution in [0.25, 0.3) is 10.9 Å². The van der Waals surface area contributed by atoms with E-state index in [4.69, 9.17) is 4.74 Å². The maximum atomic E-state index is 11.1. The van der Waals surface area contributed by atoms with Gasteiger partial charge in [0.1, 0.15) is 17.5 Å². The van der Waals surface area contributed by atoms with E-state index in [1.165, 1.54) is 5.56 Å². The van der Waals surface area contributed by atoms with Crippen molar-refractivity contribution in [2.75, 3.05) is 0 Å². The van der Waals surface area contributed by atoms with Crippen LogP contribution in [0.1, 0.15) is 49.5 Å². The lowest BCUT2D eigenvalue weighted by molar-refractivity contribution is -0.0661. The number of aryl methyl sites for hydroxylation is 1. The Morgan fingerprint density at radius 3 is 2.63 bits per heavy atom. The van der Waals surface area contributed by atoms with Gasteiger partial charge in [0.25, 0.3) is 0 Å². The Morgan fingerprint density at radius 1 is 1.15 bits per heavy atom. The van der Waals surface area contributed by atoms with Crippen LogP contribution in [0.15, 0.2) is 54.7 Å². The number of rotatable bonds is 3. The molecule has 0 bridgehead atoms. The number of ether oxygens (including phenoxy) is 1. The van der Waals surface area contributed by atoms with Gasteiger partial charge in [-0.2, -0.15) is 0 Å². The van der Waals surface area contributed by atoms with E-state index < -0.39 is 11.7 Å². The van der Waals surface area contributed by atoms with Gasteiger partial charge in [0.05, 0.1) is 11.6 Å². The van der Waals surface area contributed by atoms with E-state index >= 15 is 0 Å². The molecule has 0 fully saturated rings. The maximum Gasteiger partial charge on any atom is 0.131 e. The third-order valence-electron chi connectivity index (χ3n) is 5.56. The van der Waals surface area contributed by atoms with Crippen molar-refractivity contribution in [2.24, 2.45) is 0 Å². The van der Waals surface area contributed by atoms with Crippen LogP contribution in [0.3, 0.4) is 0 Å². The first kappa shape index (κ1) is 18.0. The summed E-state index contributed by atoms with van der Waals surface area (Å²) in [7, 11) is 0. The quantitative estimate of drug-likeness (QED) is 0.722. The number of pyridine rings is 1. The standard InChI is InChI=1S/C23H26N2O2/c1-14-10-11-24-19-12-18-20(13-17(14)19)27-23(3,4)22(26)21(18)25-15(2)16-8-6-5-7-9-16/h5-13,15,21-22,25-26H,1-4H3. The molecule has 1 aromatic heterocycles. The number of nitrogens with zero attached hydrogens (tertiary/aromatic N) is 1. The summed E-state index contributed by atoms with van der Waals surface area (Å²) in [6.45, 7) is 8.06. The molecule has 0 aliphatic carbocycles. The van der Waals surface area contributed by atoms with Gasteiger partial charge in [-0.15, -0.1) is 0 Å². The number of hydrogen-bond acceptors (Lipinski definition) is 4. The minimum atomic E-state index is -0.690. The van der Waals surface area contributed by atoms with Crippen molar-refractivity contribution in [2.45, 2.75) is 51.5 Å². The average molecular weight is 362 g/mol. The van der Waals surface area contributed by atoms with Gasteiger partial charge in [-0.25, -0.2) is 0 Å². The minimum absolute atomic E-state index is 0.0914. The number of hydrogen-bond donors (Lipinski definition) is 2. The van der Waals surface area contributed by atoms with Crippen molar-refractivity contribution in [3.63, 3.8) is 0 Å². The number of fused-ring (bicyclic) bond motifs is 2. The average Bonchev–Trinajstić information content (AvgIpc) is 2.65. The fraction of sp³-hybridized carbons (Fsp3) is 0.348. The second-order valence-corrected chi connectivity index (χ2v) is 7.96. The Balaban J connectivity index is 1.79. The van der Waals surface area contributed by atoms with Crippen LogP contribution in [0, 0.1) is 6.92 Å². The largest absolute Gasteiger partial charge is 0.485 e. The normalized spacial score (nSPS) is 22.1. The van der Waals surface area contributed by atoms with Gasteiger partial charge >= 0.3 is 0 Å². The van der Waals surface area contributed by atoms with Gasteiger partial charge in [-0.3, -0.25) is 4.98 Å². The van der Waals surface area contributed by atoms with Crippen LogP contribution in [0.4, 0.5) is 0 Å². The van der Waals surface area contributed by atoms with Crippen LogP contribution in [-0.4, -0.2) is 21.8 Å². The number of benzene rings is 2. The monoisotopic (exact) mass is 362 g/mol. The molecule has 2 N–H and O–H groups in total. The van der Waals surface area contributed by atoms with E-state index in [2.05, 4.69) is 42.3 Å². The predicted molar refractivity (Wildman–Crippen MR) is 108 cm³/mol. The third kappa shape index (κ3) is 3.20. The Bertz CT molecular complexity index is 969. The van der Waals surface area contributed by atoms with Crippen LogP contribution in [-0.2, 0) is 0 Å². The van der Waals surface area contributed by atoms with Crippen molar-refractivity contribution >= 4 is 10.9 Å². The zero-order valence-electron chi connectivity index (χ0n) is 16.2. The molecule has 0 saturated heterocycles. The highest BCUT2D eigenvalue weighted by molar-refractivity contribution is 5.84. The molecule has 3 aromatic rings. The minimum Gasteiger partial charge on any atom is -0.485 e. The van der Waals surface area contributed by atoms with Crippen molar-refractivity contribution in [1.29, 1.82) is 0 Å². The lowest BCUT2D eigenvalue weighted by Crippen LogP contribution is -2.52. The van der Waals surface area contributed by atoms with Crippen molar-refractivity contribution < 1.29 is 9.84 Å². The lowest BCUT2D eigenvalue weighted by Gasteiger charge is -2.43. The summed E-state index contributed by atoms with van der Waals surface area (Å²) >= 11 is 0. The van der Waals surface area contributed by atoms with Gasteiger partial charge in [-0.05, 0) is 57.0 Å². The first-order valence-electron chi connectivity index (χ1n) is 9.44. The van der Waals surface area contributed by atoms with E-state index in [1.54, 1.807) is 0 Å². The van der Waals surface area contributed by atoms with Gasteiger partial charge in [-0.1, -0.05) is 30.3 Å². The molecule has 0 saturated carbocycles. The predicted octanol–water partition coefficient (Wildman–Crippen LogP) is 4.47. The summed E-state index contributed by atoms with van der Waals surface area (Å²) in [6, 6.07) is 16.2. The Morgan fingerprint density at radius 2 is 1.89 bits per heavy atom. The molecular formula is C23H26N2O2. The molecule has 4 nitrogen and oxygen atoms in total. The first-order chi connectivity index (χ1) is 12.9. The third-order valence-corrected chi connectivity index (χ3v) is 5.56. The fourth-order valence-corrected chi connectivity index (χ4v) is 3.86. The lowest BCUT2D eigenvalue weighted by atomic mass is 9.85. The van der Waals surface area contributed by atoms with Crippen LogP contribution < -0.4 is 10.1 Å². The molecule has 0 amide bonds. The van der Waals surface area contributed by atoms with E-state index in [-0.39, 0.29) is 12.1 Å². The van der Waals surface area contributed by atoms with Crippen LogP contribution in [0.2, 0.25) is 0 Å². The molecule has 1 aliphatic rings. The van der Waals surface area contributed by atoms with Crippen LogP contribution >= 0.6 is 0 Å². The molecular weight excluding hydrogens is 336 g/mol. The highest BCUT2D eigenvalue weighted by Gasteiger charge is 2.43. The van der Waals surface area contributed by atoms with Gasteiger partial charge in [0.2, 0.25) is 0 Å². The summed E-state index contributed by atoms with van der Waals surface area (Å²) < 4.78 is 6.19. The molecule has 2 aromatic carbocycles. The summed E-state index contributed by atoms with van der Waals surface area (Å²) in [5.41, 5.74) is 3.53. The number of aliphatic hydroxyl groups is 1. The van der Waals surface area contributed by atoms with E-state index in [0.717, 1.165) is 27.8 Å². The first-order valence-corrected chi connectivity index (χ1v) is 9.44. The Hall–Kier alpha value is -2.43. The van der Waals surface area contributed by atoms with Crippen LogP contribution in [0.5, 0.6) is 5.75 Å². The summed E-state index contributed by atoms with van der Waals surface area (Å²) in [6.07, 6.45) is 1.14. The summed E-state index contributed by atoms with van der Waals surface area (Å²) in [5, 5.41) is 15.8. The van der Waals surface area contributed by atoms with Gasteiger partial charge in [0, 0.05) is 23.2 Å². The topological polar surface area (TPSA) is 54.4 Å². The van der Waals surface area contributed by atoms with Crippen molar-refractivity contribution in [3.05, 3.63) is 71.4 Å². The Labute approximate surface area is 160 Å². The van der Waals surface area contributed by atoms with E-state index in [9.17, 15) is 5.11 Å². The zero-order valence-corrected chi connectivity index (χ0v) is 16.2. The van der Waals surface area contributed by atoms with E-state index in [1.807, 2.05) is 50.4 Å². The summed E-state index contributed by atoms with van der Waals surface area (Å²) in [4.78, 5) is 4.52. The van der Waals surface area contributed by atoms with Crippen molar-refractivity contribution in [1.82, 2.24) is 10.3 Å². The van der Waals surface area contributed by atoms with Gasteiger partial charge in [0.15, 0.2) is 0 Å². The molecule has 27 heavy (non-hydrogen) atoms. The number of aromatic nitrogens is 1. The highest BCUT2D eigenvalue weighted by Crippen LogP contribution is 2.42. The molecule has 2 heterocycles. The number of aliphatic hydroxyl groups excluding tert-OH is 1. The second-order valence-electron chi connectivity index (χ2n) is 7.96. The second kappa shape index (κ2) is 6.63. The zero-order chi connectivity index (χ0) is 19.2. The molecule has 0 radical (unpaired) electrons. The van der Waals surface area contributed by atoms with Gasteiger partial charge < -0.3 is 15.2 Å². The molecule has 140 valence electrons. The maximum absolute atomic E-state index is 11.1. The fourth-order valence-electron chi connectivity index (χ4n) is 3.86.